The van der Waals surface area contributed by atoms with Gasteiger partial charge in [0.1, 0.15) is 11.5 Å². The topological polar surface area (TPSA) is 44.5 Å². The van der Waals surface area contributed by atoms with Crippen molar-refractivity contribution in [1.82, 2.24) is 0 Å². The number of rotatable bonds is 8. The van der Waals surface area contributed by atoms with Crippen molar-refractivity contribution in [1.29, 1.82) is 0 Å². The Morgan fingerprint density at radius 1 is 1.26 bits per heavy atom. The van der Waals surface area contributed by atoms with Crippen molar-refractivity contribution in [2.75, 3.05) is 20.0 Å². The van der Waals surface area contributed by atoms with Gasteiger partial charge in [0.05, 0.1) is 19.1 Å². The summed E-state index contributed by atoms with van der Waals surface area (Å²) in [6, 6.07) is 4.17. The number of benzene rings is 1. The average molecular weight is 283 g/mol. The summed E-state index contributed by atoms with van der Waals surface area (Å²) in [6.07, 6.45) is 3.20. The summed E-state index contributed by atoms with van der Waals surface area (Å²) in [5, 5.41) is 0. The van der Waals surface area contributed by atoms with Crippen LogP contribution in [-0.2, 0) is 6.42 Å². The average Bonchev–Trinajstić information content (AvgIpc) is 2.38. The molecule has 0 fully saturated rings. The minimum atomic E-state index is 0.106. The molecule has 3 nitrogen and oxygen atoms in total. The van der Waals surface area contributed by atoms with Crippen LogP contribution in [0.3, 0.4) is 0 Å². The lowest BCUT2D eigenvalue weighted by Crippen LogP contribution is -2.18. The van der Waals surface area contributed by atoms with Gasteiger partial charge in [0.25, 0.3) is 0 Å². The van der Waals surface area contributed by atoms with Gasteiger partial charge in [0.2, 0.25) is 0 Å². The van der Waals surface area contributed by atoms with Gasteiger partial charge in [-0.25, -0.2) is 0 Å². The van der Waals surface area contributed by atoms with Crippen molar-refractivity contribution in [2.45, 2.75) is 44.0 Å². The molecular weight excluding hydrogens is 258 g/mol. The zero-order valence-corrected chi connectivity index (χ0v) is 13.2. The van der Waals surface area contributed by atoms with Gasteiger partial charge in [-0.1, -0.05) is 13.3 Å². The maximum atomic E-state index is 5.91. The Morgan fingerprint density at radius 2 is 2.00 bits per heavy atom. The normalized spacial score (nSPS) is 12.3. The first-order valence-electron chi connectivity index (χ1n) is 6.75. The van der Waals surface area contributed by atoms with E-state index in [0.717, 1.165) is 34.1 Å². The molecule has 0 saturated carbocycles. The predicted octanol–water partition coefficient (Wildman–Crippen LogP) is 3.49. The van der Waals surface area contributed by atoms with Gasteiger partial charge in [-0.2, -0.15) is 0 Å². The molecule has 0 radical (unpaired) electrons. The number of unbranched alkanes of at least 4 members (excludes halogenated alkanes) is 1. The molecule has 1 rings (SSSR count). The molecule has 0 aliphatic heterocycles. The van der Waals surface area contributed by atoms with E-state index in [2.05, 4.69) is 6.92 Å². The molecule has 1 atom stereocenters. The second-order valence-corrected chi connectivity index (χ2v) is 5.84. The monoisotopic (exact) mass is 283 g/mol. The van der Waals surface area contributed by atoms with Crippen LogP contribution in [0, 0.1) is 0 Å². The zero-order valence-electron chi connectivity index (χ0n) is 12.4. The highest BCUT2D eigenvalue weighted by Gasteiger charge is 2.14. The maximum Gasteiger partial charge on any atom is 0.135 e. The van der Waals surface area contributed by atoms with E-state index in [1.165, 1.54) is 12.8 Å². The van der Waals surface area contributed by atoms with Crippen LogP contribution in [0.4, 0.5) is 0 Å². The summed E-state index contributed by atoms with van der Waals surface area (Å²) in [5.41, 5.74) is 7.03. The summed E-state index contributed by atoms with van der Waals surface area (Å²) in [4.78, 5) is 1.14. The fourth-order valence-electron chi connectivity index (χ4n) is 1.91. The second-order valence-electron chi connectivity index (χ2n) is 4.70. The summed E-state index contributed by atoms with van der Waals surface area (Å²) >= 11 is 1.82. The lowest BCUT2D eigenvalue weighted by Gasteiger charge is -2.16. The lowest BCUT2D eigenvalue weighted by atomic mass is 10.1. The lowest BCUT2D eigenvalue weighted by molar-refractivity contribution is 0.388. The molecule has 0 aliphatic rings. The van der Waals surface area contributed by atoms with Gasteiger partial charge >= 0.3 is 0 Å². The third-order valence-corrected chi connectivity index (χ3v) is 3.95. The zero-order chi connectivity index (χ0) is 14.3. The van der Waals surface area contributed by atoms with Crippen molar-refractivity contribution < 1.29 is 9.47 Å². The molecule has 1 aromatic rings. The quantitative estimate of drug-likeness (QED) is 0.586. The van der Waals surface area contributed by atoms with E-state index in [0.29, 0.717) is 0 Å². The van der Waals surface area contributed by atoms with Gasteiger partial charge in [-0.05, 0) is 37.7 Å². The number of methoxy groups -OCH3 is 2. The molecule has 0 saturated heterocycles. The molecule has 19 heavy (non-hydrogen) atoms. The molecule has 0 amide bonds. The van der Waals surface area contributed by atoms with Crippen LogP contribution in [0.5, 0.6) is 11.5 Å². The Morgan fingerprint density at radius 3 is 2.53 bits per heavy atom. The Balaban J connectivity index is 3.03. The molecule has 4 heteroatoms. The van der Waals surface area contributed by atoms with Crippen LogP contribution in [0.15, 0.2) is 17.0 Å². The van der Waals surface area contributed by atoms with Crippen molar-refractivity contribution >= 4 is 11.8 Å². The molecule has 1 aromatic carbocycles. The predicted molar refractivity (Wildman–Crippen MR) is 82.5 cm³/mol. The van der Waals surface area contributed by atoms with Crippen molar-refractivity contribution in [3.8, 4) is 11.5 Å². The van der Waals surface area contributed by atoms with Crippen molar-refractivity contribution in [3.63, 3.8) is 0 Å². The highest BCUT2D eigenvalue weighted by molar-refractivity contribution is 7.99. The fraction of sp³-hybridized carbons (Fsp3) is 0.600. The molecule has 0 spiro atoms. The van der Waals surface area contributed by atoms with E-state index >= 15 is 0 Å². The molecule has 0 bridgehead atoms. The van der Waals surface area contributed by atoms with Crippen LogP contribution in [0.25, 0.3) is 0 Å². The van der Waals surface area contributed by atoms with E-state index in [4.69, 9.17) is 15.2 Å². The summed E-state index contributed by atoms with van der Waals surface area (Å²) < 4.78 is 10.9. The third-order valence-electron chi connectivity index (χ3n) is 2.84. The highest BCUT2D eigenvalue weighted by atomic mass is 32.2. The second kappa shape index (κ2) is 8.33. The van der Waals surface area contributed by atoms with Crippen LogP contribution in [0.2, 0.25) is 0 Å². The molecule has 0 unspecified atom stereocenters. The molecule has 0 aromatic heterocycles. The van der Waals surface area contributed by atoms with Gasteiger partial charge < -0.3 is 15.2 Å². The molecule has 0 aliphatic carbocycles. The van der Waals surface area contributed by atoms with Crippen molar-refractivity contribution in [3.05, 3.63) is 17.7 Å². The Bertz CT molecular complexity index is 394. The van der Waals surface area contributed by atoms with E-state index < -0.39 is 0 Å². The standard InChI is InChI=1S/C15H25NO2S/c1-5-6-7-19-14-10-13(17-3)9-12(8-11(2)16)15(14)18-4/h9-11H,5-8,16H2,1-4H3/t11-/m1/s1. The fourth-order valence-corrected chi connectivity index (χ4v) is 3.11. The Kier molecular flexibility index (Phi) is 7.10. The minimum absolute atomic E-state index is 0.106. The smallest absolute Gasteiger partial charge is 0.135 e. The SMILES string of the molecule is CCCCSc1cc(OC)cc(C[C@@H](C)N)c1OC. The number of hydrogen-bond acceptors (Lipinski definition) is 4. The van der Waals surface area contributed by atoms with Gasteiger partial charge in [-0.15, -0.1) is 11.8 Å². The van der Waals surface area contributed by atoms with Crippen LogP contribution in [-0.4, -0.2) is 26.0 Å². The highest BCUT2D eigenvalue weighted by Crippen LogP contribution is 2.37. The first-order chi connectivity index (χ1) is 9.12. The van der Waals surface area contributed by atoms with E-state index in [1.54, 1.807) is 14.2 Å². The van der Waals surface area contributed by atoms with Crippen molar-refractivity contribution in [2.24, 2.45) is 5.73 Å². The molecule has 0 heterocycles. The van der Waals surface area contributed by atoms with E-state index in [-0.39, 0.29) is 6.04 Å². The number of ether oxygens (including phenoxy) is 2. The van der Waals surface area contributed by atoms with Crippen LogP contribution < -0.4 is 15.2 Å². The summed E-state index contributed by atoms with van der Waals surface area (Å²) in [7, 11) is 3.41. The summed E-state index contributed by atoms with van der Waals surface area (Å²) in [5.74, 6) is 2.91. The Hall–Kier alpha value is -0.870. The first-order valence-corrected chi connectivity index (χ1v) is 7.74. The molecule has 2 N–H and O–H groups in total. The van der Waals surface area contributed by atoms with Crippen LogP contribution in [0.1, 0.15) is 32.3 Å². The van der Waals surface area contributed by atoms with Gasteiger partial charge in [-0.3, -0.25) is 0 Å². The van der Waals surface area contributed by atoms with Gasteiger partial charge in [0.15, 0.2) is 0 Å². The minimum Gasteiger partial charge on any atom is -0.497 e. The Labute approximate surface area is 120 Å². The number of nitrogens with two attached hydrogens (primary N) is 1. The van der Waals surface area contributed by atoms with E-state index in [9.17, 15) is 0 Å². The summed E-state index contributed by atoms with van der Waals surface area (Å²) in [6.45, 7) is 4.20. The molecular formula is C15H25NO2S. The number of thioether (sulfide) groups is 1. The van der Waals surface area contributed by atoms with Gasteiger partial charge in [0, 0.05) is 11.6 Å². The van der Waals surface area contributed by atoms with Crippen LogP contribution >= 0.6 is 11.8 Å². The maximum absolute atomic E-state index is 5.91. The molecule has 108 valence electrons. The largest absolute Gasteiger partial charge is 0.497 e. The number of hydrogen-bond donors (Lipinski definition) is 1. The van der Waals surface area contributed by atoms with E-state index in [1.807, 2.05) is 30.8 Å². The third kappa shape index (κ3) is 4.96. The first kappa shape index (κ1) is 16.2.